The van der Waals surface area contributed by atoms with Crippen molar-refractivity contribution in [3.8, 4) is 17.1 Å². The topological polar surface area (TPSA) is 110 Å². The molecule has 0 spiro atoms. The molecule has 3 aromatic rings. The second-order valence-corrected chi connectivity index (χ2v) is 8.19. The number of nitrogens with zero attached hydrogens (tertiary/aromatic N) is 2. The van der Waals surface area contributed by atoms with Gasteiger partial charge < -0.3 is 10.1 Å². The van der Waals surface area contributed by atoms with E-state index in [1.54, 1.807) is 41.3 Å². The van der Waals surface area contributed by atoms with Crippen LogP contribution in [0.25, 0.3) is 11.3 Å². The molecule has 0 aliphatic rings. The molecule has 0 saturated heterocycles. The molecule has 11 heteroatoms. The van der Waals surface area contributed by atoms with Gasteiger partial charge in [-0.1, -0.05) is 24.3 Å². The van der Waals surface area contributed by atoms with Crippen molar-refractivity contribution < 1.29 is 26.7 Å². The highest BCUT2D eigenvalue weighted by molar-refractivity contribution is 7.93. The lowest BCUT2D eigenvalue weighted by Crippen LogP contribution is -2.23. The van der Waals surface area contributed by atoms with Crippen LogP contribution in [0.2, 0.25) is 0 Å². The van der Waals surface area contributed by atoms with Crippen LogP contribution in [-0.2, 0) is 16.6 Å². The first kappa shape index (κ1) is 23.1. The summed E-state index contributed by atoms with van der Waals surface area (Å²) in [7, 11) is -4.76. The molecule has 0 saturated carbocycles. The minimum Gasteiger partial charge on any atom is -0.477 e. The third kappa shape index (κ3) is 5.97. The molecule has 1 heterocycles. The summed E-state index contributed by atoms with van der Waals surface area (Å²) in [4.78, 5) is 20.9. The predicted octanol–water partition coefficient (Wildman–Crippen LogP) is 3.44. The van der Waals surface area contributed by atoms with E-state index in [1.807, 2.05) is 6.92 Å². The zero-order valence-electron chi connectivity index (χ0n) is 17.0. The number of hydrogen-bond donors (Lipinski definition) is 2. The van der Waals surface area contributed by atoms with Crippen LogP contribution in [0.15, 0.2) is 60.9 Å². The molecule has 0 aliphatic carbocycles. The lowest BCUT2D eigenvalue weighted by Gasteiger charge is -2.10. The zero-order chi connectivity index (χ0) is 23.1. The second-order valence-electron chi connectivity index (χ2n) is 6.54. The number of aromatic nitrogens is 2. The Kier molecular flexibility index (Phi) is 7.31. The van der Waals surface area contributed by atoms with Crippen LogP contribution >= 0.6 is 0 Å². The fourth-order valence-corrected chi connectivity index (χ4v) is 3.28. The number of carbonyl (C=O) groups excluding carboxylic acids is 1. The third-order valence-corrected chi connectivity index (χ3v) is 5.21. The Morgan fingerprint density at radius 1 is 1.12 bits per heavy atom. The van der Waals surface area contributed by atoms with E-state index in [0.29, 0.717) is 29.3 Å². The van der Waals surface area contributed by atoms with E-state index >= 15 is 0 Å². The van der Waals surface area contributed by atoms with Crippen LogP contribution in [0.4, 0.5) is 14.5 Å². The first-order valence-electron chi connectivity index (χ1n) is 9.50. The molecule has 0 unspecified atom stereocenters. The van der Waals surface area contributed by atoms with Gasteiger partial charge in [-0.15, -0.1) is 0 Å². The van der Waals surface area contributed by atoms with Crippen LogP contribution in [-0.4, -0.2) is 36.7 Å². The normalized spacial score (nSPS) is 11.2. The minimum absolute atomic E-state index is 0.0169. The van der Waals surface area contributed by atoms with Crippen LogP contribution in [0.1, 0.15) is 22.8 Å². The number of sulfonamides is 1. The zero-order valence-corrected chi connectivity index (χ0v) is 17.8. The Hall–Kier alpha value is -3.60. The van der Waals surface area contributed by atoms with Crippen molar-refractivity contribution in [3.63, 3.8) is 0 Å². The highest BCUT2D eigenvalue weighted by Gasteiger charge is 2.23. The van der Waals surface area contributed by atoms with Crippen molar-refractivity contribution in [1.82, 2.24) is 15.3 Å². The summed E-state index contributed by atoms with van der Waals surface area (Å²) >= 11 is 0. The fourth-order valence-electron chi connectivity index (χ4n) is 2.73. The van der Waals surface area contributed by atoms with Gasteiger partial charge in [0.2, 0.25) is 5.88 Å². The Morgan fingerprint density at radius 2 is 1.88 bits per heavy atom. The van der Waals surface area contributed by atoms with E-state index in [1.165, 1.54) is 24.4 Å². The highest BCUT2D eigenvalue weighted by atomic mass is 32.2. The van der Waals surface area contributed by atoms with E-state index in [2.05, 4.69) is 15.3 Å². The van der Waals surface area contributed by atoms with Gasteiger partial charge in [0, 0.05) is 23.4 Å². The number of carbonyl (C=O) groups is 1. The van der Waals surface area contributed by atoms with E-state index in [9.17, 15) is 22.0 Å². The number of nitrogens with one attached hydrogen (secondary N) is 2. The largest absolute Gasteiger partial charge is 0.477 e. The summed E-state index contributed by atoms with van der Waals surface area (Å²) in [6.07, 6.45) is 3.11. The number of ether oxygens (including phenoxy) is 1. The third-order valence-electron chi connectivity index (χ3n) is 4.22. The van der Waals surface area contributed by atoms with Gasteiger partial charge in [0.25, 0.3) is 15.9 Å². The summed E-state index contributed by atoms with van der Waals surface area (Å²) < 4.78 is 54.8. The SMILES string of the molecule is CCOc1cncc(-c2ccc(C(=O)NCc3cccc(NS(=O)(=O)C(F)F)c3)cc2)n1. The van der Waals surface area contributed by atoms with Crippen molar-refractivity contribution >= 4 is 21.6 Å². The van der Waals surface area contributed by atoms with Gasteiger partial charge in [0.15, 0.2) is 0 Å². The maximum absolute atomic E-state index is 12.5. The quantitative estimate of drug-likeness (QED) is 0.504. The molecule has 0 bridgehead atoms. The average molecular weight is 462 g/mol. The molecule has 0 atom stereocenters. The van der Waals surface area contributed by atoms with Gasteiger partial charge in [0.1, 0.15) is 0 Å². The molecular formula is C21H20F2N4O4S. The van der Waals surface area contributed by atoms with Gasteiger partial charge in [-0.05, 0) is 36.8 Å². The smallest absolute Gasteiger partial charge is 0.355 e. The minimum atomic E-state index is -4.76. The second kappa shape index (κ2) is 10.1. The lowest BCUT2D eigenvalue weighted by molar-refractivity contribution is 0.0951. The standard InChI is InChI=1S/C21H20F2N4O4S/c1-2-31-19-13-24-12-18(26-19)15-6-8-16(9-7-15)20(28)25-11-14-4-3-5-17(10-14)27-32(29,30)21(22)23/h3-10,12-13,21,27H,2,11H2,1H3,(H,25,28). The maximum Gasteiger partial charge on any atom is 0.355 e. The molecule has 8 nitrogen and oxygen atoms in total. The number of alkyl halides is 2. The fraction of sp³-hybridized carbons (Fsp3) is 0.190. The van der Waals surface area contributed by atoms with Crippen molar-refractivity contribution in [1.29, 1.82) is 0 Å². The van der Waals surface area contributed by atoms with Gasteiger partial charge in [0.05, 0.1) is 24.7 Å². The molecule has 0 radical (unpaired) electrons. The molecule has 1 aromatic heterocycles. The molecular weight excluding hydrogens is 442 g/mol. The summed E-state index contributed by atoms with van der Waals surface area (Å²) in [5.74, 6) is -3.49. The molecule has 32 heavy (non-hydrogen) atoms. The number of halogens is 2. The molecule has 1 amide bonds. The lowest BCUT2D eigenvalue weighted by atomic mass is 10.1. The van der Waals surface area contributed by atoms with Crippen LogP contribution in [0.5, 0.6) is 5.88 Å². The van der Waals surface area contributed by atoms with E-state index in [4.69, 9.17) is 4.74 Å². The number of rotatable bonds is 9. The van der Waals surface area contributed by atoms with Crippen molar-refractivity contribution in [2.75, 3.05) is 11.3 Å². The van der Waals surface area contributed by atoms with Gasteiger partial charge in [-0.2, -0.15) is 8.78 Å². The Morgan fingerprint density at radius 3 is 2.56 bits per heavy atom. The Balaban J connectivity index is 1.63. The van der Waals surface area contributed by atoms with Crippen LogP contribution < -0.4 is 14.8 Å². The maximum atomic E-state index is 12.5. The number of benzene rings is 2. The average Bonchev–Trinajstić information content (AvgIpc) is 2.78. The van der Waals surface area contributed by atoms with Crippen molar-refractivity contribution in [2.45, 2.75) is 19.2 Å². The number of anilines is 1. The molecule has 3 rings (SSSR count). The van der Waals surface area contributed by atoms with Crippen LogP contribution in [0.3, 0.4) is 0 Å². The highest BCUT2D eigenvalue weighted by Crippen LogP contribution is 2.20. The monoisotopic (exact) mass is 462 g/mol. The first-order chi connectivity index (χ1) is 15.3. The van der Waals surface area contributed by atoms with Gasteiger partial charge in [-0.25, -0.2) is 13.4 Å². The molecule has 0 fully saturated rings. The van der Waals surface area contributed by atoms with Crippen molar-refractivity contribution in [3.05, 3.63) is 72.1 Å². The number of amides is 1. The Labute approximate surface area is 183 Å². The molecule has 168 valence electrons. The van der Waals surface area contributed by atoms with E-state index in [0.717, 1.165) is 5.56 Å². The van der Waals surface area contributed by atoms with E-state index in [-0.39, 0.29) is 18.1 Å². The predicted molar refractivity (Wildman–Crippen MR) is 115 cm³/mol. The van der Waals surface area contributed by atoms with Crippen LogP contribution in [0, 0.1) is 0 Å². The number of hydrogen-bond acceptors (Lipinski definition) is 6. The van der Waals surface area contributed by atoms with Gasteiger partial charge in [-0.3, -0.25) is 14.5 Å². The van der Waals surface area contributed by atoms with Gasteiger partial charge >= 0.3 is 5.76 Å². The summed E-state index contributed by atoms with van der Waals surface area (Å²) in [5, 5.41) is 2.70. The summed E-state index contributed by atoms with van der Waals surface area (Å²) in [5.41, 5.74) is 2.28. The van der Waals surface area contributed by atoms with E-state index < -0.39 is 15.8 Å². The molecule has 0 aliphatic heterocycles. The Bertz CT molecular complexity index is 1190. The summed E-state index contributed by atoms with van der Waals surface area (Å²) in [6.45, 7) is 2.39. The summed E-state index contributed by atoms with van der Waals surface area (Å²) in [6, 6.07) is 12.6. The molecule has 2 aromatic carbocycles. The first-order valence-corrected chi connectivity index (χ1v) is 11.1. The molecule has 2 N–H and O–H groups in total. The van der Waals surface area contributed by atoms with Crippen molar-refractivity contribution in [2.24, 2.45) is 0 Å².